The van der Waals surface area contributed by atoms with E-state index in [4.69, 9.17) is 0 Å². The van der Waals surface area contributed by atoms with E-state index in [0.717, 1.165) is 42.6 Å². The summed E-state index contributed by atoms with van der Waals surface area (Å²) in [6.07, 6.45) is 4.64. The fraction of sp³-hybridized carbons (Fsp3) is 0.389. The average molecular weight is 325 g/mol. The second-order valence-electron chi connectivity index (χ2n) is 6.46. The largest absolute Gasteiger partial charge is 0.481 e. The van der Waals surface area contributed by atoms with Gasteiger partial charge < -0.3 is 10.0 Å². The highest BCUT2D eigenvalue weighted by atomic mass is 16.4. The van der Waals surface area contributed by atoms with Gasteiger partial charge in [-0.15, -0.1) is 0 Å². The van der Waals surface area contributed by atoms with Gasteiger partial charge in [-0.2, -0.15) is 5.10 Å². The molecule has 0 saturated heterocycles. The molecule has 1 atom stereocenters. The maximum absolute atomic E-state index is 13.0. The predicted octanol–water partition coefficient (Wildman–Crippen LogP) is 2.04. The molecule has 0 bridgehead atoms. The fourth-order valence-corrected chi connectivity index (χ4v) is 3.74. The van der Waals surface area contributed by atoms with Crippen molar-refractivity contribution in [1.82, 2.24) is 14.7 Å². The lowest BCUT2D eigenvalue weighted by atomic mass is 9.89. The number of hydrogen-bond donors (Lipinski definition) is 1. The molecule has 0 radical (unpaired) electrons. The lowest BCUT2D eigenvalue weighted by Crippen LogP contribution is -2.40. The van der Waals surface area contributed by atoms with Gasteiger partial charge in [-0.3, -0.25) is 14.3 Å². The number of aliphatic carboxylic acids is 1. The number of carbonyl (C=O) groups excluding carboxylic acids is 1. The van der Waals surface area contributed by atoms with Crippen LogP contribution in [-0.2, 0) is 24.3 Å². The van der Waals surface area contributed by atoms with Crippen molar-refractivity contribution in [2.45, 2.75) is 38.3 Å². The maximum Gasteiger partial charge on any atom is 0.312 e. The topological polar surface area (TPSA) is 75.4 Å². The number of carbonyl (C=O) groups is 2. The Bertz CT molecular complexity index is 812. The lowest BCUT2D eigenvalue weighted by Gasteiger charge is -2.33. The Hall–Kier alpha value is -2.63. The highest BCUT2D eigenvalue weighted by Crippen LogP contribution is 2.30. The number of rotatable bonds is 2. The molecule has 2 aliphatic heterocycles. The van der Waals surface area contributed by atoms with E-state index < -0.39 is 11.9 Å². The Morgan fingerprint density at radius 1 is 1.21 bits per heavy atom. The summed E-state index contributed by atoms with van der Waals surface area (Å²) in [5.74, 6) is -1.68. The van der Waals surface area contributed by atoms with Gasteiger partial charge in [0.1, 0.15) is 0 Å². The summed E-state index contributed by atoms with van der Waals surface area (Å²) in [5.41, 5.74) is 3.33. The summed E-state index contributed by atoms with van der Waals surface area (Å²) in [6.45, 7) is 1.50. The van der Waals surface area contributed by atoms with Gasteiger partial charge in [0.15, 0.2) is 0 Å². The molecule has 4 rings (SSSR count). The van der Waals surface area contributed by atoms with Gasteiger partial charge in [0.2, 0.25) is 0 Å². The minimum absolute atomic E-state index is 0.112. The number of aromatic nitrogens is 2. The third-order valence-electron chi connectivity index (χ3n) is 4.99. The molecule has 6 heteroatoms. The second kappa shape index (κ2) is 5.78. The Balaban J connectivity index is 1.66. The van der Waals surface area contributed by atoms with E-state index in [1.165, 1.54) is 0 Å². The summed E-state index contributed by atoms with van der Waals surface area (Å²) >= 11 is 0. The first kappa shape index (κ1) is 14.9. The lowest BCUT2D eigenvalue weighted by molar-refractivity contribution is -0.139. The molecule has 0 aliphatic carbocycles. The quantitative estimate of drug-likeness (QED) is 0.917. The minimum Gasteiger partial charge on any atom is -0.481 e. The predicted molar refractivity (Wildman–Crippen MR) is 86.7 cm³/mol. The third-order valence-corrected chi connectivity index (χ3v) is 4.99. The Kier molecular flexibility index (Phi) is 3.59. The molecule has 0 saturated carbocycles. The van der Waals surface area contributed by atoms with Gasteiger partial charge in [0.25, 0.3) is 5.91 Å². The van der Waals surface area contributed by atoms with E-state index in [1.54, 1.807) is 11.1 Å². The maximum atomic E-state index is 13.0. The number of fused-ring (bicyclic) bond motifs is 2. The second-order valence-corrected chi connectivity index (χ2v) is 6.46. The number of amides is 1. The number of hydrogen-bond acceptors (Lipinski definition) is 3. The molecular weight excluding hydrogens is 306 g/mol. The zero-order valence-electron chi connectivity index (χ0n) is 13.3. The van der Waals surface area contributed by atoms with Crippen LogP contribution >= 0.6 is 0 Å². The minimum atomic E-state index is -0.892. The van der Waals surface area contributed by atoms with Crippen LogP contribution in [0.4, 0.5) is 0 Å². The van der Waals surface area contributed by atoms with E-state index in [2.05, 4.69) is 5.10 Å². The zero-order chi connectivity index (χ0) is 16.7. The zero-order valence-corrected chi connectivity index (χ0v) is 13.3. The molecule has 1 amide bonds. The van der Waals surface area contributed by atoms with Crippen molar-refractivity contribution < 1.29 is 14.7 Å². The molecule has 2 aromatic rings. The summed E-state index contributed by atoms with van der Waals surface area (Å²) in [6, 6.07) is 7.48. The van der Waals surface area contributed by atoms with Crippen LogP contribution in [0.2, 0.25) is 0 Å². The Morgan fingerprint density at radius 3 is 2.88 bits per heavy atom. The number of benzene rings is 1. The van der Waals surface area contributed by atoms with Crippen molar-refractivity contribution in [3.05, 3.63) is 52.8 Å². The van der Waals surface area contributed by atoms with Crippen LogP contribution in [0.25, 0.3) is 0 Å². The molecule has 1 N–H and O–H groups in total. The van der Waals surface area contributed by atoms with Gasteiger partial charge in [0.05, 0.1) is 23.4 Å². The van der Waals surface area contributed by atoms with Crippen LogP contribution in [0.5, 0.6) is 0 Å². The smallest absolute Gasteiger partial charge is 0.312 e. The number of carboxylic acid groups (broad SMARTS) is 1. The SMILES string of the molecule is O=C(O)C1CN(C(=O)c2cnn3c2CCCC3)Cc2ccccc21. The first-order valence-corrected chi connectivity index (χ1v) is 8.29. The van der Waals surface area contributed by atoms with Crippen molar-refractivity contribution in [3.63, 3.8) is 0 Å². The fourth-order valence-electron chi connectivity index (χ4n) is 3.74. The van der Waals surface area contributed by atoms with Crippen LogP contribution in [0.15, 0.2) is 30.5 Å². The number of carboxylic acids is 1. The highest BCUT2D eigenvalue weighted by molar-refractivity contribution is 5.96. The van der Waals surface area contributed by atoms with Crippen molar-refractivity contribution >= 4 is 11.9 Å². The van der Waals surface area contributed by atoms with E-state index >= 15 is 0 Å². The molecule has 2 aliphatic rings. The third kappa shape index (κ3) is 2.38. The molecule has 3 heterocycles. The number of nitrogens with zero attached hydrogens (tertiary/aromatic N) is 3. The Morgan fingerprint density at radius 2 is 2.04 bits per heavy atom. The standard InChI is InChI=1S/C18H19N3O3/c22-17(14-9-19-21-8-4-3-7-16(14)21)20-10-12-5-1-2-6-13(12)15(11-20)18(23)24/h1-2,5-6,9,15H,3-4,7-8,10-11H2,(H,23,24). The van der Waals surface area contributed by atoms with Gasteiger partial charge >= 0.3 is 5.97 Å². The van der Waals surface area contributed by atoms with Crippen LogP contribution in [0, 0.1) is 0 Å². The summed E-state index contributed by atoms with van der Waals surface area (Å²) in [4.78, 5) is 26.3. The first-order valence-electron chi connectivity index (χ1n) is 8.29. The van der Waals surface area contributed by atoms with Gasteiger partial charge in [0, 0.05) is 19.6 Å². The molecule has 0 fully saturated rings. The molecule has 6 nitrogen and oxygen atoms in total. The van der Waals surface area contributed by atoms with Crippen molar-refractivity contribution in [1.29, 1.82) is 0 Å². The highest BCUT2D eigenvalue weighted by Gasteiger charge is 2.34. The van der Waals surface area contributed by atoms with Crippen LogP contribution in [0.3, 0.4) is 0 Å². The van der Waals surface area contributed by atoms with E-state index in [0.29, 0.717) is 12.1 Å². The normalized spacial score (nSPS) is 19.5. The van der Waals surface area contributed by atoms with Crippen molar-refractivity contribution in [2.24, 2.45) is 0 Å². The van der Waals surface area contributed by atoms with E-state index in [9.17, 15) is 14.7 Å². The molecule has 124 valence electrons. The molecular formula is C18H19N3O3. The molecule has 0 spiro atoms. The van der Waals surface area contributed by atoms with Crippen molar-refractivity contribution in [2.75, 3.05) is 6.54 Å². The van der Waals surface area contributed by atoms with Crippen molar-refractivity contribution in [3.8, 4) is 0 Å². The van der Waals surface area contributed by atoms with Gasteiger partial charge in [-0.25, -0.2) is 0 Å². The van der Waals surface area contributed by atoms with Crippen LogP contribution in [0.1, 0.15) is 45.9 Å². The molecule has 1 aromatic carbocycles. The summed E-state index contributed by atoms with van der Waals surface area (Å²) in [7, 11) is 0. The van der Waals surface area contributed by atoms with Crippen LogP contribution < -0.4 is 0 Å². The number of aryl methyl sites for hydroxylation is 1. The average Bonchev–Trinajstić information content (AvgIpc) is 3.04. The molecule has 24 heavy (non-hydrogen) atoms. The molecule has 1 unspecified atom stereocenters. The Labute approximate surface area is 139 Å². The van der Waals surface area contributed by atoms with E-state index in [1.807, 2.05) is 28.9 Å². The van der Waals surface area contributed by atoms with E-state index in [-0.39, 0.29) is 12.5 Å². The first-order chi connectivity index (χ1) is 11.6. The van der Waals surface area contributed by atoms with Gasteiger partial charge in [-0.1, -0.05) is 24.3 Å². The monoisotopic (exact) mass is 325 g/mol. The summed E-state index contributed by atoms with van der Waals surface area (Å²) in [5, 5.41) is 13.9. The summed E-state index contributed by atoms with van der Waals surface area (Å²) < 4.78 is 1.91. The molecule has 1 aromatic heterocycles. The van der Waals surface area contributed by atoms with Gasteiger partial charge in [-0.05, 0) is 30.4 Å². The van der Waals surface area contributed by atoms with Crippen LogP contribution in [-0.4, -0.2) is 38.2 Å².